The van der Waals surface area contributed by atoms with Crippen molar-refractivity contribution in [3.63, 3.8) is 0 Å². The molecule has 7 nitrogen and oxygen atoms in total. The van der Waals surface area contributed by atoms with Crippen molar-refractivity contribution < 1.29 is 22.7 Å². The predicted octanol–water partition coefficient (Wildman–Crippen LogP) is 3.19. The Morgan fingerprint density at radius 1 is 1.14 bits per heavy atom. The zero-order valence-corrected chi connectivity index (χ0v) is 18.0. The van der Waals surface area contributed by atoms with Crippen molar-refractivity contribution in [1.29, 1.82) is 0 Å². The normalized spacial score (nSPS) is 11.7. The van der Waals surface area contributed by atoms with E-state index in [1.807, 2.05) is 6.92 Å². The predicted molar refractivity (Wildman–Crippen MR) is 108 cm³/mol. The van der Waals surface area contributed by atoms with Crippen LogP contribution in [-0.4, -0.2) is 39.7 Å². The molecule has 0 aliphatic carbocycles. The Bertz CT molecular complexity index is 944. The van der Waals surface area contributed by atoms with Crippen LogP contribution >= 0.6 is 0 Å². The zero-order chi connectivity index (χ0) is 21.1. The molecule has 0 atom stereocenters. The standard InChI is InChI=1S/C20H28N2O5S/c1-13(2)20(23)21-19-18(14(3)15(4)22(19)11-12-26-5)28(24,25)17-9-7-16(27-6)8-10-17/h7-10,13H,11-12H2,1-6H3,(H,21,23). The van der Waals surface area contributed by atoms with Gasteiger partial charge in [0.15, 0.2) is 0 Å². The molecule has 1 aromatic carbocycles. The molecule has 8 heteroatoms. The van der Waals surface area contributed by atoms with Crippen molar-refractivity contribution in [3.05, 3.63) is 35.5 Å². The van der Waals surface area contributed by atoms with Gasteiger partial charge in [0.1, 0.15) is 16.5 Å². The summed E-state index contributed by atoms with van der Waals surface area (Å²) in [6, 6.07) is 6.21. The molecule has 154 valence electrons. The van der Waals surface area contributed by atoms with Crippen LogP contribution in [0.2, 0.25) is 0 Å². The second kappa shape index (κ2) is 8.79. The first-order chi connectivity index (χ1) is 13.1. The Balaban J connectivity index is 2.67. The van der Waals surface area contributed by atoms with Gasteiger partial charge >= 0.3 is 0 Å². The quantitative estimate of drug-likeness (QED) is 0.725. The molecular weight excluding hydrogens is 380 g/mol. The van der Waals surface area contributed by atoms with Crippen molar-refractivity contribution in [2.45, 2.75) is 44.0 Å². The van der Waals surface area contributed by atoms with Crippen molar-refractivity contribution in [3.8, 4) is 5.75 Å². The maximum atomic E-state index is 13.4. The number of hydrogen-bond donors (Lipinski definition) is 1. The van der Waals surface area contributed by atoms with Gasteiger partial charge in [-0.1, -0.05) is 13.8 Å². The molecule has 1 N–H and O–H groups in total. The number of hydrogen-bond acceptors (Lipinski definition) is 5. The van der Waals surface area contributed by atoms with Gasteiger partial charge in [-0.3, -0.25) is 4.79 Å². The minimum atomic E-state index is -3.86. The molecule has 28 heavy (non-hydrogen) atoms. The summed E-state index contributed by atoms with van der Waals surface area (Å²) >= 11 is 0. The molecule has 1 heterocycles. The van der Waals surface area contributed by atoms with Crippen LogP contribution in [0.1, 0.15) is 25.1 Å². The highest BCUT2D eigenvalue weighted by molar-refractivity contribution is 7.91. The molecule has 0 fully saturated rings. The van der Waals surface area contributed by atoms with Gasteiger partial charge in [-0.25, -0.2) is 8.42 Å². The first-order valence-electron chi connectivity index (χ1n) is 9.03. The SMILES string of the molecule is COCCn1c(C)c(C)c(S(=O)(=O)c2ccc(OC)cc2)c1NC(=O)C(C)C. The third-order valence-corrected chi connectivity index (χ3v) is 6.63. The fourth-order valence-corrected chi connectivity index (χ4v) is 4.58. The summed E-state index contributed by atoms with van der Waals surface area (Å²) in [5, 5.41) is 2.81. The monoisotopic (exact) mass is 408 g/mol. The van der Waals surface area contributed by atoms with E-state index in [-0.39, 0.29) is 27.4 Å². The Morgan fingerprint density at radius 3 is 2.25 bits per heavy atom. The van der Waals surface area contributed by atoms with E-state index in [4.69, 9.17) is 9.47 Å². The lowest BCUT2D eigenvalue weighted by atomic mass is 10.2. The van der Waals surface area contributed by atoms with Gasteiger partial charge in [-0.15, -0.1) is 0 Å². The fourth-order valence-electron chi connectivity index (χ4n) is 2.88. The maximum absolute atomic E-state index is 13.4. The van der Waals surface area contributed by atoms with Crippen LogP contribution in [-0.2, 0) is 25.9 Å². The third kappa shape index (κ3) is 4.23. The van der Waals surface area contributed by atoms with E-state index in [0.717, 1.165) is 5.69 Å². The molecule has 1 aromatic heterocycles. The molecule has 2 aromatic rings. The number of nitrogens with zero attached hydrogens (tertiary/aromatic N) is 1. The topological polar surface area (TPSA) is 86.6 Å². The highest BCUT2D eigenvalue weighted by atomic mass is 32.2. The van der Waals surface area contributed by atoms with Gasteiger partial charge in [0, 0.05) is 25.3 Å². The second-order valence-corrected chi connectivity index (χ2v) is 8.74. The number of rotatable bonds is 8. The Morgan fingerprint density at radius 2 is 1.75 bits per heavy atom. The summed E-state index contributed by atoms with van der Waals surface area (Å²) in [4.78, 5) is 12.6. The van der Waals surface area contributed by atoms with E-state index in [1.54, 1.807) is 44.6 Å². The molecular formula is C20H28N2O5S. The van der Waals surface area contributed by atoms with Gasteiger partial charge in [0.2, 0.25) is 15.7 Å². The van der Waals surface area contributed by atoms with E-state index in [9.17, 15) is 13.2 Å². The second-order valence-electron chi connectivity index (χ2n) is 6.86. The van der Waals surface area contributed by atoms with Gasteiger partial charge in [0.25, 0.3) is 0 Å². The van der Waals surface area contributed by atoms with E-state index in [0.29, 0.717) is 24.5 Å². The van der Waals surface area contributed by atoms with Crippen LogP contribution in [0, 0.1) is 19.8 Å². The van der Waals surface area contributed by atoms with E-state index >= 15 is 0 Å². The Kier molecular flexibility index (Phi) is 6.90. The average Bonchev–Trinajstić information content (AvgIpc) is 2.90. The van der Waals surface area contributed by atoms with Crippen molar-refractivity contribution in [2.75, 3.05) is 26.1 Å². The molecule has 0 aliphatic rings. The van der Waals surface area contributed by atoms with Crippen LogP contribution in [0.25, 0.3) is 0 Å². The number of methoxy groups -OCH3 is 2. The van der Waals surface area contributed by atoms with Crippen LogP contribution in [0.5, 0.6) is 5.75 Å². The molecule has 0 bridgehead atoms. The number of benzene rings is 1. The highest BCUT2D eigenvalue weighted by Crippen LogP contribution is 2.36. The van der Waals surface area contributed by atoms with E-state index in [2.05, 4.69) is 5.32 Å². The minimum Gasteiger partial charge on any atom is -0.497 e. The summed E-state index contributed by atoms with van der Waals surface area (Å²) in [5.41, 5.74) is 1.37. The molecule has 0 saturated heterocycles. The number of amides is 1. The molecule has 2 rings (SSSR count). The molecule has 0 aliphatic heterocycles. The molecule has 0 spiro atoms. The van der Waals surface area contributed by atoms with Crippen molar-refractivity contribution >= 4 is 21.6 Å². The third-order valence-electron chi connectivity index (χ3n) is 4.70. The van der Waals surface area contributed by atoms with Crippen molar-refractivity contribution in [1.82, 2.24) is 4.57 Å². The van der Waals surface area contributed by atoms with Crippen molar-refractivity contribution in [2.24, 2.45) is 5.92 Å². The van der Waals surface area contributed by atoms with Gasteiger partial charge in [-0.2, -0.15) is 0 Å². The van der Waals surface area contributed by atoms with Gasteiger partial charge < -0.3 is 19.4 Å². The van der Waals surface area contributed by atoms with E-state index < -0.39 is 9.84 Å². The largest absolute Gasteiger partial charge is 0.497 e. The molecule has 0 radical (unpaired) electrons. The fraction of sp³-hybridized carbons (Fsp3) is 0.450. The summed E-state index contributed by atoms with van der Waals surface area (Å²) in [5.74, 6) is 0.310. The van der Waals surface area contributed by atoms with Crippen LogP contribution in [0.15, 0.2) is 34.1 Å². The van der Waals surface area contributed by atoms with E-state index in [1.165, 1.54) is 19.2 Å². The smallest absolute Gasteiger partial charge is 0.228 e. The lowest BCUT2D eigenvalue weighted by Gasteiger charge is -2.15. The number of ether oxygens (including phenoxy) is 2. The number of sulfone groups is 1. The highest BCUT2D eigenvalue weighted by Gasteiger charge is 2.30. The van der Waals surface area contributed by atoms with Gasteiger partial charge in [-0.05, 0) is 43.7 Å². The summed E-state index contributed by atoms with van der Waals surface area (Å²) in [6.07, 6.45) is 0. The molecule has 1 amide bonds. The van der Waals surface area contributed by atoms with Crippen LogP contribution in [0.3, 0.4) is 0 Å². The first kappa shape index (κ1) is 22.0. The number of aromatic nitrogens is 1. The van der Waals surface area contributed by atoms with Gasteiger partial charge in [0.05, 0.1) is 18.6 Å². The molecule has 0 saturated carbocycles. The zero-order valence-electron chi connectivity index (χ0n) is 17.2. The maximum Gasteiger partial charge on any atom is 0.228 e. The summed E-state index contributed by atoms with van der Waals surface area (Å²) in [7, 11) is -0.758. The lowest BCUT2D eigenvalue weighted by molar-refractivity contribution is -0.118. The number of anilines is 1. The van der Waals surface area contributed by atoms with Crippen LogP contribution < -0.4 is 10.1 Å². The lowest BCUT2D eigenvalue weighted by Crippen LogP contribution is -2.22. The number of nitrogens with one attached hydrogen (secondary N) is 1. The molecule has 0 unspecified atom stereocenters. The first-order valence-corrected chi connectivity index (χ1v) is 10.5. The Labute approximate surface area is 166 Å². The summed E-state index contributed by atoms with van der Waals surface area (Å²) in [6.45, 7) is 7.92. The summed E-state index contributed by atoms with van der Waals surface area (Å²) < 4.78 is 38.9. The minimum absolute atomic E-state index is 0.111. The number of carbonyl (C=O) groups is 1. The number of carbonyl (C=O) groups excluding carboxylic acids is 1. The van der Waals surface area contributed by atoms with Crippen LogP contribution in [0.4, 0.5) is 5.82 Å². The average molecular weight is 409 g/mol. The Hall–Kier alpha value is -2.32.